The van der Waals surface area contributed by atoms with Crippen LogP contribution in [0.4, 0.5) is 0 Å². The molecule has 0 heterocycles. The van der Waals surface area contributed by atoms with Gasteiger partial charge in [-0.3, -0.25) is 0 Å². The molecule has 0 aliphatic carbocycles. The van der Waals surface area contributed by atoms with E-state index in [-0.39, 0.29) is 0 Å². The van der Waals surface area contributed by atoms with E-state index in [1.807, 2.05) is 0 Å². The quantitative estimate of drug-likeness (QED) is 0.617. The van der Waals surface area contributed by atoms with Gasteiger partial charge in [0.2, 0.25) is 0 Å². The van der Waals surface area contributed by atoms with Gasteiger partial charge < -0.3 is 0 Å². The first kappa shape index (κ1) is 11.8. The molecule has 0 nitrogen and oxygen atoms in total. The summed E-state index contributed by atoms with van der Waals surface area (Å²) in [5.74, 6) is 0. The second kappa shape index (κ2) is 5.55. The molecule has 0 bridgehead atoms. The van der Waals surface area contributed by atoms with Crippen LogP contribution in [0.3, 0.4) is 0 Å². The molecule has 0 unspecified atom stereocenters. The first-order chi connectivity index (χ1) is 7.13. The zero-order valence-corrected chi connectivity index (χ0v) is 10.2. The van der Waals surface area contributed by atoms with Crippen molar-refractivity contribution in [2.75, 3.05) is 0 Å². The summed E-state index contributed by atoms with van der Waals surface area (Å²) in [6, 6.07) is 8.71. The molecule has 0 fully saturated rings. The van der Waals surface area contributed by atoms with E-state index in [0.29, 0.717) is 0 Å². The second-order valence-corrected chi connectivity index (χ2v) is 4.16. The number of rotatable bonds is 3. The predicted molar refractivity (Wildman–Crippen MR) is 68.9 cm³/mol. The van der Waals surface area contributed by atoms with E-state index >= 15 is 0 Å². The lowest BCUT2D eigenvalue weighted by molar-refractivity contribution is 1.22. The third-order valence-electron chi connectivity index (χ3n) is 2.25. The minimum atomic E-state index is 1.08. The van der Waals surface area contributed by atoms with E-state index in [9.17, 15) is 0 Å². The van der Waals surface area contributed by atoms with E-state index in [1.54, 1.807) is 0 Å². The molecule has 15 heavy (non-hydrogen) atoms. The maximum atomic E-state index is 2.28. The van der Waals surface area contributed by atoms with Crippen LogP contribution in [0, 0.1) is 6.92 Å². The van der Waals surface area contributed by atoms with Gasteiger partial charge in [0.25, 0.3) is 0 Å². The summed E-state index contributed by atoms with van der Waals surface area (Å²) in [7, 11) is 0. The molecular weight excluding hydrogens is 180 g/mol. The van der Waals surface area contributed by atoms with Gasteiger partial charge in [-0.25, -0.2) is 0 Å². The smallest absolute Gasteiger partial charge is 0.0187 e. The molecule has 80 valence electrons. The first-order valence-electron chi connectivity index (χ1n) is 5.55. The van der Waals surface area contributed by atoms with Gasteiger partial charge in [0.05, 0.1) is 0 Å². The summed E-state index contributed by atoms with van der Waals surface area (Å²) in [5.41, 5.74) is 5.29. The van der Waals surface area contributed by atoms with Crippen LogP contribution >= 0.6 is 0 Å². The van der Waals surface area contributed by atoms with Gasteiger partial charge >= 0.3 is 0 Å². The fraction of sp³-hybridized carbons (Fsp3) is 0.333. The molecule has 1 aromatic carbocycles. The van der Waals surface area contributed by atoms with Gasteiger partial charge in [0.15, 0.2) is 0 Å². The van der Waals surface area contributed by atoms with Gasteiger partial charge in [-0.2, -0.15) is 0 Å². The van der Waals surface area contributed by atoms with Crippen molar-refractivity contribution >= 4 is 5.57 Å². The Labute approximate surface area is 93.3 Å². The Bertz CT molecular complexity index is 360. The molecule has 0 amide bonds. The highest BCUT2D eigenvalue weighted by atomic mass is 14.0. The number of hydrogen-bond donors (Lipinski definition) is 0. The van der Waals surface area contributed by atoms with Crippen molar-refractivity contribution in [3.05, 3.63) is 53.1 Å². The lowest BCUT2D eigenvalue weighted by Crippen LogP contribution is -1.83. The standard InChI is InChI=1S/C15H20/c1-5-6-15(11-12(2)3)14-9-7-13(4)8-10-14/h6-11H,5H2,1-4H3/b15-6+. The lowest BCUT2D eigenvalue weighted by Gasteiger charge is -2.04. The highest BCUT2D eigenvalue weighted by molar-refractivity contribution is 5.74. The van der Waals surface area contributed by atoms with Crippen molar-refractivity contribution in [2.45, 2.75) is 34.1 Å². The molecule has 0 aliphatic rings. The molecule has 1 aromatic rings. The van der Waals surface area contributed by atoms with Crippen molar-refractivity contribution < 1.29 is 0 Å². The van der Waals surface area contributed by atoms with Crippen LogP contribution in [-0.4, -0.2) is 0 Å². The van der Waals surface area contributed by atoms with Crippen LogP contribution in [0.5, 0.6) is 0 Å². The third kappa shape index (κ3) is 3.75. The largest absolute Gasteiger partial charge is 0.0769 e. The van der Waals surface area contributed by atoms with E-state index in [2.05, 4.69) is 64.1 Å². The summed E-state index contributed by atoms with van der Waals surface area (Å²) in [5, 5.41) is 0. The van der Waals surface area contributed by atoms with E-state index in [4.69, 9.17) is 0 Å². The molecule has 1 rings (SSSR count). The van der Waals surface area contributed by atoms with Crippen LogP contribution in [0.25, 0.3) is 5.57 Å². The monoisotopic (exact) mass is 200 g/mol. The van der Waals surface area contributed by atoms with Gasteiger partial charge in [0.1, 0.15) is 0 Å². The minimum Gasteiger partial charge on any atom is -0.0769 e. The Balaban J connectivity index is 3.05. The Morgan fingerprint density at radius 2 is 1.73 bits per heavy atom. The number of aryl methyl sites for hydroxylation is 1. The Morgan fingerprint density at radius 3 is 2.20 bits per heavy atom. The van der Waals surface area contributed by atoms with E-state index < -0.39 is 0 Å². The van der Waals surface area contributed by atoms with Crippen molar-refractivity contribution in [3.63, 3.8) is 0 Å². The molecule has 0 N–H and O–H groups in total. The summed E-state index contributed by atoms with van der Waals surface area (Å²) >= 11 is 0. The minimum absolute atomic E-state index is 1.08. The van der Waals surface area contributed by atoms with Crippen molar-refractivity contribution in [1.29, 1.82) is 0 Å². The molecule has 0 saturated carbocycles. The molecule has 0 heteroatoms. The van der Waals surface area contributed by atoms with Gasteiger partial charge in [-0.1, -0.05) is 54.5 Å². The normalized spacial score (nSPS) is 11.3. The number of benzene rings is 1. The van der Waals surface area contributed by atoms with Crippen molar-refractivity contribution in [3.8, 4) is 0 Å². The van der Waals surface area contributed by atoms with Crippen LogP contribution in [0.2, 0.25) is 0 Å². The molecule has 0 spiro atoms. The second-order valence-electron chi connectivity index (χ2n) is 4.16. The fourth-order valence-electron chi connectivity index (χ4n) is 1.54. The average Bonchev–Trinajstić information content (AvgIpc) is 2.17. The lowest BCUT2D eigenvalue weighted by atomic mass is 10.0. The van der Waals surface area contributed by atoms with Crippen LogP contribution in [-0.2, 0) is 0 Å². The van der Waals surface area contributed by atoms with Gasteiger partial charge in [0, 0.05) is 0 Å². The number of allylic oxidation sites excluding steroid dienone is 4. The summed E-state index contributed by atoms with van der Waals surface area (Å²) in [6.45, 7) is 8.57. The molecule has 0 aromatic heterocycles. The average molecular weight is 200 g/mol. The van der Waals surface area contributed by atoms with E-state index in [1.165, 1.54) is 22.3 Å². The predicted octanol–water partition coefficient (Wildman–Crippen LogP) is 4.75. The molecule has 0 aliphatic heterocycles. The van der Waals surface area contributed by atoms with E-state index in [0.717, 1.165) is 6.42 Å². The summed E-state index contributed by atoms with van der Waals surface area (Å²) < 4.78 is 0. The molecular formula is C15H20. The topological polar surface area (TPSA) is 0 Å². The highest BCUT2D eigenvalue weighted by Crippen LogP contribution is 2.18. The molecule has 0 saturated heterocycles. The van der Waals surface area contributed by atoms with Crippen molar-refractivity contribution in [1.82, 2.24) is 0 Å². The van der Waals surface area contributed by atoms with Crippen LogP contribution < -0.4 is 0 Å². The van der Waals surface area contributed by atoms with Crippen LogP contribution in [0.1, 0.15) is 38.3 Å². The third-order valence-corrected chi connectivity index (χ3v) is 2.25. The maximum absolute atomic E-state index is 2.28. The maximum Gasteiger partial charge on any atom is -0.0187 e. The first-order valence-corrected chi connectivity index (χ1v) is 5.55. The Hall–Kier alpha value is -1.30. The SMILES string of the molecule is CC/C=C(\C=C(C)C)c1ccc(C)cc1. The zero-order chi connectivity index (χ0) is 11.3. The van der Waals surface area contributed by atoms with Crippen LogP contribution in [0.15, 0.2) is 42.0 Å². The Morgan fingerprint density at radius 1 is 1.13 bits per heavy atom. The van der Waals surface area contributed by atoms with Gasteiger partial charge in [-0.05, 0) is 38.3 Å². The van der Waals surface area contributed by atoms with Crippen molar-refractivity contribution in [2.24, 2.45) is 0 Å². The molecule has 0 atom stereocenters. The summed E-state index contributed by atoms with van der Waals surface area (Å²) in [6.07, 6.45) is 5.60. The number of hydrogen-bond acceptors (Lipinski definition) is 0. The fourth-order valence-corrected chi connectivity index (χ4v) is 1.54. The van der Waals surface area contributed by atoms with Gasteiger partial charge in [-0.15, -0.1) is 0 Å². The summed E-state index contributed by atoms with van der Waals surface area (Å²) in [4.78, 5) is 0. The molecule has 0 radical (unpaired) electrons. The highest BCUT2D eigenvalue weighted by Gasteiger charge is 1.97. The Kier molecular flexibility index (Phi) is 4.36. The zero-order valence-electron chi connectivity index (χ0n) is 10.2.